The summed E-state index contributed by atoms with van der Waals surface area (Å²) in [6.07, 6.45) is 2.47. The summed E-state index contributed by atoms with van der Waals surface area (Å²) in [4.78, 5) is 2.47. The highest BCUT2D eigenvalue weighted by molar-refractivity contribution is 5.61. The second-order valence-corrected chi connectivity index (χ2v) is 5.30. The number of nitrogens with zero attached hydrogens (tertiary/aromatic N) is 1. The van der Waals surface area contributed by atoms with Crippen LogP contribution in [0.25, 0.3) is 0 Å². The molecule has 2 rings (SSSR count). The van der Waals surface area contributed by atoms with Gasteiger partial charge >= 0.3 is 0 Å². The molecule has 17 heavy (non-hydrogen) atoms. The largest absolute Gasteiger partial charge is 0.385 e. The summed E-state index contributed by atoms with van der Waals surface area (Å²) in [6.45, 7) is 10.1. The Bertz CT molecular complexity index is 371. The van der Waals surface area contributed by atoms with Crippen molar-refractivity contribution in [1.29, 1.82) is 0 Å². The van der Waals surface area contributed by atoms with Crippen LogP contribution in [0.4, 0.5) is 11.4 Å². The molecule has 2 heteroatoms. The number of fused-ring (bicyclic) bond motifs is 1. The molecule has 0 unspecified atom stereocenters. The van der Waals surface area contributed by atoms with Gasteiger partial charge in [0.2, 0.25) is 0 Å². The van der Waals surface area contributed by atoms with Crippen molar-refractivity contribution in [2.45, 2.75) is 33.6 Å². The van der Waals surface area contributed by atoms with Gasteiger partial charge in [-0.2, -0.15) is 0 Å². The Morgan fingerprint density at radius 2 is 2.18 bits per heavy atom. The predicted octanol–water partition coefficient (Wildman–Crippen LogP) is 3.53. The SMILES string of the molecule is CCN(CC(C)C)c1ccc2c(c1)CCCN2. The van der Waals surface area contributed by atoms with Crippen LogP contribution in [0.15, 0.2) is 18.2 Å². The maximum Gasteiger partial charge on any atom is 0.0374 e. The lowest BCUT2D eigenvalue weighted by molar-refractivity contribution is 0.618. The number of aryl methyl sites for hydroxylation is 1. The lowest BCUT2D eigenvalue weighted by atomic mass is 10.0. The minimum Gasteiger partial charge on any atom is -0.385 e. The molecule has 0 saturated carbocycles. The van der Waals surface area contributed by atoms with Crippen molar-refractivity contribution in [3.05, 3.63) is 23.8 Å². The standard InChI is InChI=1S/C15H24N2/c1-4-17(11-12(2)3)14-7-8-15-13(10-14)6-5-9-16-15/h7-8,10,12,16H,4-6,9,11H2,1-3H3. The van der Waals surface area contributed by atoms with E-state index in [1.165, 1.54) is 29.8 Å². The summed E-state index contributed by atoms with van der Waals surface area (Å²) in [6, 6.07) is 6.86. The molecular formula is C15H24N2. The van der Waals surface area contributed by atoms with Crippen molar-refractivity contribution in [3.8, 4) is 0 Å². The van der Waals surface area contributed by atoms with Gasteiger partial charge in [0.15, 0.2) is 0 Å². The predicted molar refractivity (Wildman–Crippen MR) is 76.0 cm³/mol. The molecule has 1 aliphatic heterocycles. The third-order valence-corrected chi connectivity index (χ3v) is 3.36. The Balaban J connectivity index is 2.19. The number of hydrogen-bond donors (Lipinski definition) is 1. The maximum atomic E-state index is 3.47. The average molecular weight is 232 g/mol. The van der Waals surface area contributed by atoms with Gasteiger partial charge in [-0.15, -0.1) is 0 Å². The Labute approximate surface area is 105 Å². The first-order valence-electron chi connectivity index (χ1n) is 6.82. The van der Waals surface area contributed by atoms with Gasteiger partial charge in [0.1, 0.15) is 0 Å². The fraction of sp³-hybridized carbons (Fsp3) is 0.600. The third-order valence-electron chi connectivity index (χ3n) is 3.36. The quantitative estimate of drug-likeness (QED) is 0.854. The molecular weight excluding hydrogens is 208 g/mol. The molecule has 0 bridgehead atoms. The molecule has 0 amide bonds. The van der Waals surface area contributed by atoms with Gasteiger partial charge in [0.25, 0.3) is 0 Å². The molecule has 0 saturated heterocycles. The highest BCUT2D eigenvalue weighted by Gasteiger charge is 2.12. The zero-order valence-corrected chi connectivity index (χ0v) is 11.3. The van der Waals surface area contributed by atoms with Crippen LogP contribution in [0, 0.1) is 5.92 Å². The molecule has 0 aromatic heterocycles. The van der Waals surface area contributed by atoms with Gasteiger partial charge in [-0.1, -0.05) is 13.8 Å². The highest BCUT2D eigenvalue weighted by Crippen LogP contribution is 2.27. The van der Waals surface area contributed by atoms with Gasteiger partial charge in [-0.3, -0.25) is 0 Å². The number of benzene rings is 1. The van der Waals surface area contributed by atoms with Gasteiger partial charge in [-0.25, -0.2) is 0 Å². The normalized spacial score (nSPS) is 14.4. The summed E-state index contributed by atoms with van der Waals surface area (Å²) in [5, 5.41) is 3.47. The van der Waals surface area contributed by atoms with Crippen molar-refractivity contribution in [1.82, 2.24) is 0 Å². The lowest BCUT2D eigenvalue weighted by Gasteiger charge is -2.27. The summed E-state index contributed by atoms with van der Waals surface area (Å²) in [5.74, 6) is 0.712. The molecule has 1 N–H and O–H groups in total. The zero-order valence-electron chi connectivity index (χ0n) is 11.3. The van der Waals surface area contributed by atoms with Crippen LogP contribution in [-0.4, -0.2) is 19.6 Å². The van der Waals surface area contributed by atoms with Crippen molar-refractivity contribution < 1.29 is 0 Å². The molecule has 0 atom stereocenters. The zero-order chi connectivity index (χ0) is 12.3. The molecule has 0 spiro atoms. The molecule has 1 aliphatic rings. The molecule has 2 nitrogen and oxygen atoms in total. The van der Waals surface area contributed by atoms with Crippen LogP contribution in [-0.2, 0) is 6.42 Å². The average Bonchev–Trinajstić information content (AvgIpc) is 2.35. The monoisotopic (exact) mass is 232 g/mol. The Kier molecular flexibility index (Phi) is 3.93. The number of rotatable bonds is 4. The van der Waals surface area contributed by atoms with E-state index in [1.807, 2.05) is 0 Å². The van der Waals surface area contributed by atoms with E-state index < -0.39 is 0 Å². The van der Waals surface area contributed by atoms with E-state index >= 15 is 0 Å². The summed E-state index contributed by atoms with van der Waals surface area (Å²) in [7, 11) is 0. The number of hydrogen-bond acceptors (Lipinski definition) is 2. The first-order valence-corrected chi connectivity index (χ1v) is 6.82. The van der Waals surface area contributed by atoms with Gasteiger partial charge < -0.3 is 10.2 Å². The Hall–Kier alpha value is -1.18. The van der Waals surface area contributed by atoms with E-state index in [4.69, 9.17) is 0 Å². The first-order chi connectivity index (χ1) is 8.20. The molecule has 94 valence electrons. The molecule has 0 fully saturated rings. The highest BCUT2D eigenvalue weighted by atomic mass is 15.1. The summed E-state index contributed by atoms with van der Waals surface area (Å²) >= 11 is 0. The Morgan fingerprint density at radius 1 is 1.35 bits per heavy atom. The van der Waals surface area contributed by atoms with Crippen molar-refractivity contribution >= 4 is 11.4 Å². The maximum absolute atomic E-state index is 3.47. The van der Waals surface area contributed by atoms with Gasteiger partial charge in [0.05, 0.1) is 0 Å². The molecule has 1 heterocycles. The fourth-order valence-corrected chi connectivity index (χ4v) is 2.52. The van der Waals surface area contributed by atoms with Crippen LogP contribution in [0.5, 0.6) is 0 Å². The van der Waals surface area contributed by atoms with Crippen molar-refractivity contribution in [2.75, 3.05) is 29.9 Å². The van der Waals surface area contributed by atoms with Crippen LogP contribution in [0.3, 0.4) is 0 Å². The topological polar surface area (TPSA) is 15.3 Å². The van der Waals surface area contributed by atoms with Crippen LogP contribution < -0.4 is 10.2 Å². The van der Waals surface area contributed by atoms with Gasteiger partial charge in [0, 0.05) is 31.0 Å². The second kappa shape index (κ2) is 5.44. The summed E-state index contributed by atoms with van der Waals surface area (Å²) in [5.41, 5.74) is 4.19. The second-order valence-electron chi connectivity index (χ2n) is 5.30. The first kappa shape index (κ1) is 12.3. The molecule has 0 radical (unpaired) electrons. The van der Waals surface area contributed by atoms with E-state index in [9.17, 15) is 0 Å². The van der Waals surface area contributed by atoms with E-state index in [1.54, 1.807) is 0 Å². The smallest absolute Gasteiger partial charge is 0.0374 e. The van der Waals surface area contributed by atoms with E-state index in [2.05, 4.69) is 49.2 Å². The van der Waals surface area contributed by atoms with Gasteiger partial charge in [-0.05, 0) is 49.4 Å². The molecule has 1 aromatic rings. The van der Waals surface area contributed by atoms with Crippen LogP contribution in [0.1, 0.15) is 32.8 Å². The Morgan fingerprint density at radius 3 is 2.88 bits per heavy atom. The van der Waals surface area contributed by atoms with Crippen molar-refractivity contribution in [2.24, 2.45) is 5.92 Å². The molecule has 1 aromatic carbocycles. The van der Waals surface area contributed by atoms with E-state index in [0.717, 1.165) is 19.6 Å². The van der Waals surface area contributed by atoms with Crippen LogP contribution in [0.2, 0.25) is 0 Å². The van der Waals surface area contributed by atoms with Crippen molar-refractivity contribution in [3.63, 3.8) is 0 Å². The fourth-order valence-electron chi connectivity index (χ4n) is 2.52. The van der Waals surface area contributed by atoms with E-state index in [0.29, 0.717) is 5.92 Å². The number of nitrogens with one attached hydrogen (secondary N) is 1. The van der Waals surface area contributed by atoms with E-state index in [-0.39, 0.29) is 0 Å². The molecule has 0 aliphatic carbocycles. The minimum atomic E-state index is 0.712. The minimum absolute atomic E-state index is 0.712. The summed E-state index contributed by atoms with van der Waals surface area (Å²) < 4.78 is 0. The lowest BCUT2D eigenvalue weighted by Crippen LogP contribution is -2.27. The van der Waals surface area contributed by atoms with Crippen LogP contribution >= 0.6 is 0 Å². The third kappa shape index (κ3) is 2.93. The number of anilines is 2.